The van der Waals surface area contributed by atoms with Crippen LogP contribution in [0.5, 0.6) is 0 Å². The van der Waals surface area contributed by atoms with Gasteiger partial charge in [0.1, 0.15) is 10.6 Å². The molecule has 1 heterocycles. The lowest BCUT2D eigenvalue weighted by atomic mass is 10.0. The maximum absolute atomic E-state index is 12.5. The number of esters is 1. The predicted molar refractivity (Wildman–Crippen MR) is 119 cm³/mol. The molecule has 1 aromatic heterocycles. The lowest BCUT2D eigenvalue weighted by Gasteiger charge is -2.09. The number of thiophene rings is 1. The Hall–Kier alpha value is -2.09. The Morgan fingerprint density at radius 2 is 1.82 bits per heavy atom. The van der Waals surface area contributed by atoms with E-state index in [9.17, 15) is 9.59 Å². The molecule has 1 amide bonds. The van der Waals surface area contributed by atoms with Gasteiger partial charge in [-0.2, -0.15) is 0 Å². The van der Waals surface area contributed by atoms with Crippen molar-refractivity contribution in [3.05, 3.63) is 70.0 Å². The number of carbonyl (C=O) groups excluding carboxylic acids is 2. The van der Waals surface area contributed by atoms with Gasteiger partial charge >= 0.3 is 5.97 Å². The van der Waals surface area contributed by atoms with Gasteiger partial charge in [-0.3, -0.25) is 4.79 Å². The standard InChI is InChI=1S/C21H18BrNO3S2/c1-2-26-21(25)19-17(14-6-4-3-5-7-14)12-28-20(19)23-18(24)13-27-16-10-8-15(22)9-11-16/h3-12H,2,13H2,1H3,(H,23,24). The molecule has 0 radical (unpaired) electrons. The van der Waals surface area contributed by atoms with Crippen LogP contribution < -0.4 is 5.32 Å². The number of rotatable bonds is 7. The first-order chi connectivity index (χ1) is 13.6. The van der Waals surface area contributed by atoms with Gasteiger partial charge in [0, 0.05) is 20.3 Å². The molecule has 0 atom stereocenters. The normalized spacial score (nSPS) is 10.5. The SMILES string of the molecule is CCOC(=O)c1c(-c2ccccc2)csc1NC(=O)CSc1ccc(Br)cc1. The molecule has 28 heavy (non-hydrogen) atoms. The minimum absolute atomic E-state index is 0.167. The smallest absolute Gasteiger partial charge is 0.341 e. The molecule has 7 heteroatoms. The Balaban J connectivity index is 1.77. The molecule has 0 spiro atoms. The fourth-order valence-electron chi connectivity index (χ4n) is 2.53. The van der Waals surface area contributed by atoms with Gasteiger partial charge in [-0.25, -0.2) is 4.79 Å². The number of anilines is 1. The molecular weight excluding hydrogens is 458 g/mol. The van der Waals surface area contributed by atoms with Gasteiger partial charge < -0.3 is 10.1 Å². The molecule has 0 aliphatic rings. The highest BCUT2D eigenvalue weighted by Gasteiger charge is 2.22. The fourth-order valence-corrected chi connectivity index (χ4v) is 4.46. The van der Waals surface area contributed by atoms with Crippen molar-refractivity contribution in [1.29, 1.82) is 0 Å². The van der Waals surface area contributed by atoms with E-state index in [2.05, 4.69) is 21.2 Å². The summed E-state index contributed by atoms with van der Waals surface area (Å²) >= 11 is 6.16. The number of thioether (sulfide) groups is 1. The maximum Gasteiger partial charge on any atom is 0.341 e. The third-order valence-electron chi connectivity index (χ3n) is 3.79. The van der Waals surface area contributed by atoms with Gasteiger partial charge in [-0.05, 0) is 36.8 Å². The van der Waals surface area contributed by atoms with Crippen molar-refractivity contribution >= 4 is 55.9 Å². The number of carbonyl (C=O) groups is 2. The van der Waals surface area contributed by atoms with E-state index in [1.54, 1.807) is 6.92 Å². The number of ether oxygens (including phenoxy) is 1. The highest BCUT2D eigenvalue weighted by Crippen LogP contribution is 2.36. The Bertz CT molecular complexity index is 956. The molecule has 2 aromatic carbocycles. The fraction of sp³-hybridized carbons (Fsp3) is 0.143. The number of hydrogen-bond acceptors (Lipinski definition) is 5. The van der Waals surface area contributed by atoms with Crippen molar-refractivity contribution in [1.82, 2.24) is 0 Å². The Kier molecular flexibility index (Phi) is 7.30. The minimum atomic E-state index is -0.432. The van der Waals surface area contributed by atoms with E-state index in [-0.39, 0.29) is 18.3 Å². The summed E-state index contributed by atoms with van der Waals surface area (Å²) < 4.78 is 6.21. The molecule has 0 unspecified atom stereocenters. The molecular formula is C21H18BrNO3S2. The van der Waals surface area contributed by atoms with Crippen LogP contribution in [0.4, 0.5) is 5.00 Å². The molecule has 0 saturated carbocycles. The molecule has 0 aliphatic heterocycles. The van der Waals surface area contributed by atoms with Gasteiger partial charge in [0.15, 0.2) is 0 Å². The zero-order valence-electron chi connectivity index (χ0n) is 15.1. The van der Waals surface area contributed by atoms with E-state index in [1.165, 1.54) is 23.1 Å². The molecule has 3 aromatic rings. The van der Waals surface area contributed by atoms with Crippen LogP contribution in [0.15, 0.2) is 69.3 Å². The lowest BCUT2D eigenvalue weighted by molar-refractivity contribution is -0.113. The van der Waals surface area contributed by atoms with Gasteiger partial charge in [0.05, 0.1) is 12.4 Å². The second-order valence-electron chi connectivity index (χ2n) is 5.73. The minimum Gasteiger partial charge on any atom is -0.462 e. The molecule has 0 fully saturated rings. The van der Waals surface area contributed by atoms with Crippen LogP contribution in [0.1, 0.15) is 17.3 Å². The third kappa shape index (κ3) is 5.25. The maximum atomic E-state index is 12.5. The zero-order valence-corrected chi connectivity index (χ0v) is 18.3. The molecule has 0 saturated heterocycles. The summed E-state index contributed by atoms with van der Waals surface area (Å²) in [6.45, 7) is 2.04. The van der Waals surface area contributed by atoms with Crippen LogP contribution in [0, 0.1) is 0 Å². The first kappa shape index (κ1) is 20.6. The van der Waals surface area contributed by atoms with Crippen LogP contribution in [-0.2, 0) is 9.53 Å². The van der Waals surface area contributed by atoms with Crippen molar-refractivity contribution in [2.24, 2.45) is 0 Å². The Morgan fingerprint density at radius 1 is 1.11 bits per heavy atom. The highest BCUT2D eigenvalue weighted by molar-refractivity contribution is 9.10. The predicted octanol–water partition coefficient (Wildman–Crippen LogP) is 6.09. The van der Waals surface area contributed by atoms with E-state index in [0.717, 1.165) is 20.5 Å². The van der Waals surface area contributed by atoms with E-state index in [1.807, 2.05) is 60.0 Å². The van der Waals surface area contributed by atoms with Gasteiger partial charge in [0.2, 0.25) is 5.91 Å². The number of halogens is 1. The summed E-state index contributed by atoms with van der Waals surface area (Å²) in [5.41, 5.74) is 2.08. The van der Waals surface area contributed by atoms with E-state index < -0.39 is 5.97 Å². The van der Waals surface area contributed by atoms with E-state index >= 15 is 0 Å². The number of nitrogens with one attached hydrogen (secondary N) is 1. The summed E-state index contributed by atoms with van der Waals surface area (Å²) in [6, 6.07) is 17.4. The van der Waals surface area contributed by atoms with Crippen molar-refractivity contribution < 1.29 is 14.3 Å². The number of hydrogen-bond donors (Lipinski definition) is 1. The third-order valence-corrected chi connectivity index (χ3v) is 6.23. The average Bonchev–Trinajstić information content (AvgIpc) is 3.12. The van der Waals surface area contributed by atoms with E-state index in [4.69, 9.17) is 4.74 Å². The van der Waals surface area contributed by atoms with Crippen LogP contribution >= 0.6 is 39.0 Å². The Morgan fingerprint density at radius 3 is 2.50 bits per heavy atom. The first-order valence-electron chi connectivity index (χ1n) is 8.60. The van der Waals surface area contributed by atoms with Crippen molar-refractivity contribution in [2.45, 2.75) is 11.8 Å². The van der Waals surface area contributed by atoms with Crippen LogP contribution in [0.3, 0.4) is 0 Å². The number of benzene rings is 2. The van der Waals surface area contributed by atoms with Crippen LogP contribution in [-0.4, -0.2) is 24.2 Å². The summed E-state index contributed by atoms with van der Waals surface area (Å²) in [5, 5.41) is 5.26. The van der Waals surface area contributed by atoms with Gasteiger partial charge in [-0.1, -0.05) is 46.3 Å². The summed E-state index contributed by atoms with van der Waals surface area (Å²) in [5.74, 6) is -0.346. The second-order valence-corrected chi connectivity index (χ2v) is 8.57. The molecule has 3 rings (SSSR count). The van der Waals surface area contributed by atoms with Crippen LogP contribution in [0.25, 0.3) is 11.1 Å². The summed E-state index contributed by atoms with van der Waals surface area (Å²) in [6.07, 6.45) is 0. The zero-order chi connectivity index (χ0) is 19.9. The largest absolute Gasteiger partial charge is 0.462 e. The second kappa shape index (κ2) is 9.91. The van der Waals surface area contributed by atoms with Crippen molar-refractivity contribution in [2.75, 3.05) is 17.7 Å². The molecule has 1 N–H and O–H groups in total. The van der Waals surface area contributed by atoms with Gasteiger partial charge in [0.25, 0.3) is 0 Å². The molecule has 0 aliphatic carbocycles. The topological polar surface area (TPSA) is 55.4 Å². The molecule has 4 nitrogen and oxygen atoms in total. The number of amides is 1. The van der Waals surface area contributed by atoms with Crippen LogP contribution in [0.2, 0.25) is 0 Å². The average molecular weight is 476 g/mol. The molecule has 144 valence electrons. The highest BCUT2D eigenvalue weighted by atomic mass is 79.9. The summed E-state index contributed by atoms with van der Waals surface area (Å²) in [4.78, 5) is 26.0. The molecule has 0 bridgehead atoms. The lowest BCUT2D eigenvalue weighted by Crippen LogP contribution is -2.16. The monoisotopic (exact) mass is 475 g/mol. The Labute approximate surface area is 180 Å². The summed E-state index contributed by atoms with van der Waals surface area (Å²) in [7, 11) is 0. The van der Waals surface area contributed by atoms with E-state index in [0.29, 0.717) is 10.6 Å². The van der Waals surface area contributed by atoms with Gasteiger partial charge in [-0.15, -0.1) is 23.1 Å². The quantitative estimate of drug-likeness (QED) is 0.332. The first-order valence-corrected chi connectivity index (χ1v) is 11.3. The van der Waals surface area contributed by atoms with Crippen molar-refractivity contribution in [3.8, 4) is 11.1 Å². The van der Waals surface area contributed by atoms with Crippen molar-refractivity contribution in [3.63, 3.8) is 0 Å².